The molecule has 136 valence electrons. The summed E-state index contributed by atoms with van der Waals surface area (Å²) in [5.74, 6) is -2.47. The molecule has 1 saturated heterocycles. The number of nitro groups is 1. The number of halogens is 2. The Kier molecular flexibility index (Phi) is 3.86. The van der Waals surface area contributed by atoms with Crippen molar-refractivity contribution in [3.8, 4) is 0 Å². The molecule has 0 bridgehead atoms. The first kappa shape index (κ1) is 17.7. The molecular weight excluding hydrogens is 356 g/mol. The molecule has 1 aliphatic carbocycles. The Hall–Kier alpha value is -2.10. The Morgan fingerprint density at radius 3 is 2.56 bits per heavy atom. The molecule has 0 unspecified atom stereocenters. The third kappa shape index (κ3) is 2.50. The first-order valence-corrected chi connectivity index (χ1v) is 9.32. The van der Waals surface area contributed by atoms with Gasteiger partial charge in [-0.25, -0.2) is 17.2 Å². The Morgan fingerprint density at radius 1 is 1.44 bits per heavy atom. The Morgan fingerprint density at radius 2 is 2.08 bits per heavy atom. The topological polar surface area (TPSA) is 113 Å². The van der Waals surface area contributed by atoms with Crippen molar-refractivity contribution in [1.29, 1.82) is 5.41 Å². The smallest absolute Gasteiger partial charge is 0.269 e. The lowest BCUT2D eigenvalue weighted by Gasteiger charge is -2.45. The van der Waals surface area contributed by atoms with Crippen molar-refractivity contribution in [2.24, 2.45) is 5.92 Å². The van der Waals surface area contributed by atoms with Crippen LogP contribution in [-0.4, -0.2) is 36.4 Å². The van der Waals surface area contributed by atoms with Crippen LogP contribution >= 0.6 is 0 Å². The second-order valence-corrected chi connectivity index (χ2v) is 9.06. The number of nitrogens with zero attached hydrogens (tertiary/aromatic N) is 1. The van der Waals surface area contributed by atoms with Crippen LogP contribution < -0.4 is 5.32 Å². The first-order chi connectivity index (χ1) is 11.6. The van der Waals surface area contributed by atoms with Gasteiger partial charge in [-0.05, 0) is 31.7 Å². The minimum Gasteiger partial charge on any atom is -0.362 e. The zero-order chi connectivity index (χ0) is 18.6. The summed E-state index contributed by atoms with van der Waals surface area (Å²) in [7, 11) is -4.13. The van der Waals surface area contributed by atoms with Gasteiger partial charge in [-0.2, -0.15) is 0 Å². The van der Waals surface area contributed by atoms with Crippen molar-refractivity contribution in [2.45, 2.75) is 30.1 Å². The molecule has 2 N–H and O–H groups in total. The van der Waals surface area contributed by atoms with Crippen molar-refractivity contribution in [2.75, 3.05) is 12.4 Å². The summed E-state index contributed by atoms with van der Waals surface area (Å²) in [5.41, 5.74) is -2.23. The minimum atomic E-state index is -4.13. The van der Waals surface area contributed by atoms with E-state index in [-0.39, 0.29) is 5.56 Å². The minimum absolute atomic E-state index is 0.238. The maximum atomic E-state index is 14.3. The molecule has 2 aliphatic rings. The van der Waals surface area contributed by atoms with E-state index < -0.39 is 60.7 Å². The normalized spacial score (nSPS) is 31.4. The van der Waals surface area contributed by atoms with Crippen LogP contribution in [0.1, 0.15) is 25.3 Å². The molecule has 1 aliphatic heterocycles. The summed E-state index contributed by atoms with van der Waals surface area (Å²) < 4.78 is 51.8. The summed E-state index contributed by atoms with van der Waals surface area (Å²) in [5, 5.41) is 21.7. The second-order valence-electron chi connectivity index (χ2n) is 6.81. The molecule has 0 spiro atoms. The number of nitrogens with one attached hydrogen (secondary N) is 2. The van der Waals surface area contributed by atoms with Gasteiger partial charge < -0.3 is 5.32 Å². The molecule has 7 nitrogen and oxygen atoms in total. The van der Waals surface area contributed by atoms with Gasteiger partial charge in [-0.15, -0.1) is 0 Å². The van der Waals surface area contributed by atoms with E-state index in [9.17, 15) is 27.3 Å². The SMILES string of the molecule is C[C@@]1(c2cc([N+](=O)[O-])ccc2F)CS(=O)(=O)[C@@](CF)(C2CC2)C(=N)N1. The Bertz CT molecular complexity index is 872. The summed E-state index contributed by atoms with van der Waals surface area (Å²) in [6.45, 7) is 0.121. The molecule has 10 heteroatoms. The van der Waals surface area contributed by atoms with E-state index in [4.69, 9.17) is 5.41 Å². The zero-order valence-corrected chi connectivity index (χ0v) is 14.2. The van der Waals surface area contributed by atoms with Gasteiger partial charge in [-0.1, -0.05) is 0 Å². The van der Waals surface area contributed by atoms with Gasteiger partial charge in [0.2, 0.25) is 0 Å². The van der Waals surface area contributed by atoms with E-state index in [1.165, 1.54) is 6.92 Å². The predicted octanol–water partition coefficient (Wildman–Crippen LogP) is 2.06. The van der Waals surface area contributed by atoms with E-state index in [1.54, 1.807) is 0 Å². The van der Waals surface area contributed by atoms with Crippen LogP contribution in [0.4, 0.5) is 14.5 Å². The van der Waals surface area contributed by atoms with Crippen molar-refractivity contribution in [3.63, 3.8) is 0 Å². The highest BCUT2D eigenvalue weighted by molar-refractivity contribution is 7.93. The molecule has 1 aromatic rings. The molecule has 25 heavy (non-hydrogen) atoms. The number of rotatable bonds is 4. The molecule has 2 atom stereocenters. The highest BCUT2D eigenvalue weighted by Gasteiger charge is 2.63. The van der Waals surface area contributed by atoms with Crippen molar-refractivity contribution in [3.05, 3.63) is 39.7 Å². The van der Waals surface area contributed by atoms with Crippen LogP contribution in [0, 0.1) is 27.3 Å². The fourth-order valence-electron chi connectivity index (χ4n) is 3.54. The zero-order valence-electron chi connectivity index (χ0n) is 13.4. The quantitative estimate of drug-likeness (QED) is 0.620. The van der Waals surface area contributed by atoms with Crippen LogP contribution in [0.15, 0.2) is 18.2 Å². The fourth-order valence-corrected chi connectivity index (χ4v) is 6.06. The number of non-ortho nitro benzene ring substituents is 1. The predicted molar refractivity (Wildman–Crippen MR) is 86.5 cm³/mol. The van der Waals surface area contributed by atoms with Crippen LogP contribution in [-0.2, 0) is 15.4 Å². The third-order valence-electron chi connectivity index (χ3n) is 5.05. The molecule has 0 aromatic heterocycles. The standard InChI is InChI=1S/C15H17F2N3O4S/c1-14(11-6-10(20(21)22)4-5-12(11)17)8-25(23,24)15(7-16,9-2-3-9)13(18)19-14/h4-6,9H,2-3,7-8H2,1H3,(H2,18,19)/t14-,15-/m0/s1. The molecule has 1 aromatic carbocycles. The van der Waals surface area contributed by atoms with Crippen molar-refractivity contribution >= 4 is 21.4 Å². The number of amidine groups is 1. The molecule has 0 radical (unpaired) electrons. The van der Waals surface area contributed by atoms with Crippen LogP contribution in [0.25, 0.3) is 0 Å². The summed E-state index contributed by atoms with van der Waals surface area (Å²) >= 11 is 0. The van der Waals surface area contributed by atoms with Crippen molar-refractivity contribution < 1.29 is 22.1 Å². The van der Waals surface area contributed by atoms with Crippen LogP contribution in [0.3, 0.4) is 0 Å². The number of sulfone groups is 1. The molecule has 0 amide bonds. The molecule has 3 rings (SSSR count). The van der Waals surface area contributed by atoms with E-state index in [1.807, 2.05) is 0 Å². The van der Waals surface area contributed by atoms with Gasteiger partial charge in [-0.3, -0.25) is 15.5 Å². The highest BCUT2D eigenvalue weighted by Crippen LogP contribution is 2.49. The average Bonchev–Trinajstić information content (AvgIpc) is 3.31. The second kappa shape index (κ2) is 5.45. The maximum Gasteiger partial charge on any atom is 0.269 e. The first-order valence-electron chi connectivity index (χ1n) is 7.67. The number of hydrogen-bond acceptors (Lipinski definition) is 5. The summed E-state index contributed by atoms with van der Waals surface area (Å²) in [4.78, 5) is 10.2. The van der Waals surface area contributed by atoms with Gasteiger partial charge in [0.05, 0.1) is 16.2 Å². The Labute approximate surface area is 143 Å². The van der Waals surface area contributed by atoms with Gasteiger partial charge in [0.25, 0.3) is 5.69 Å². The number of nitro benzene ring substituents is 1. The lowest BCUT2D eigenvalue weighted by Crippen LogP contribution is -2.68. The number of hydrogen-bond donors (Lipinski definition) is 2. The van der Waals surface area contributed by atoms with Crippen molar-refractivity contribution in [1.82, 2.24) is 5.32 Å². The fraction of sp³-hybridized carbons (Fsp3) is 0.533. The lowest BCUT2D eigenvalue weighted by molar-refractivity contribution is -0.385. The highest BCUT2D eigenvalue weighted by atomic mass is 32.2. The summed E-state index contributed by atoms with van der Waals surface area (Å²) in [6.07, 6.45) is 1.02. The van der Waals surface area contributed by atoms with Gasteiger partial charge in [0.15, 0.2) is 14.6 Å². The van der Waals surface area contributed by atoms with Crippen LogP contribution in [0.5, 0.6) is 0 Å². The van der Waals surface area contributed by atoms with E-state index in [0.29, 0.717) is 12.8 Å². The van der Waals surface area contributed by atoms with E-state index in [2.05, 4.69) is 5.32 Å². The Balaban J connectivity index is 2.10. The molecule has 1 saturated carbocycles. The number of benzene rings is 1. The third-order valence-corrected chi connectivity index (χ3v) is 7.76. The van der Waals surface area contributed by atoms with Gasteiger partial charge in [0, 0.05) is 17.7 Å². The molecule has 1 heterocycles. The van der Waals surface area contributed by atoms with Gasteiger partial charge in [0.1, 0.15) is 18.3 Å². The van der Waals surface area contributed by atoms with E-state index in [0.717, 1.165) is 18.2 Å². The summed E-state index contributed by atoms with van der Waals surface area (Å²) in [6, 6.07) is 2.81. The lowest BCUT2D eigenvalue weighted by atomic mass is 9.90. The molecular formula is C15H17F2N3O4S. The van der Waals surface area contributed by atoms with Crippen LogP contribution in [0.2, 0.25) is 0 Å². The largest absolute Gasteiger partial charge is 0.362 e. The van der Waals surface area contributed by atoms with Gasteiger partial charge >= 0.3 is 0 Å². The monoisotopic (exact) mass is 373 g/mol. The number of alkyl halides is 1. The average molecular weight is 373 g/mol. The maximum absolute atomic E-state index is 14.3. The molecule has 2 fully saturated rings. The van der Waals surface area contributed by atoms with E-state index >= 15 is 0 Å².